The third-order valence-electron chi connectivity index (χ3n) is 4.43. The molecule has 0 atom stereocenters. The van der Waals surface area contributed by atoms with Gasteiger partial charge in [0.2, 0.25) is 11.9 Å². The van der Waals surface area contributed by atoms with E-state index in [9.17, 15) is 4.39 Å². The molecule has 0 bridgehead atoms. The first-order valence-electron chi connectivity index (χ1n) is 8.82. The summed E-state index contributed by atoms with van der Waals surface area (Å²) in [6.07, 6.45) is 0. The number of benzene rings is 2. The number of nitrogens with zero attached hydrogens (tertiary/aromatic N) is 4. The number of anilines is 3. The third kappa shape index (κ3) is 4.07. The summed E-state index contributed by atoms with van der Waals surface area (Å²) >= 11 is 0. The van der Waals surface area contributed by atoms with E-state index in [4.69, 9.17) is 10.5 Å². The van der Waals surface area contributed by atoms with Gasteiger partial charge in [0.1, 0.15) is 11.5 Å². The lowest BCUT2D eigenvalue weighted by Crippen LogP contribution is -2.35. The fourth-order valence-electron chi connectivity index (χ4n) is 3.02. The van der Waals surface area contributed by atoms with Gasteiger partial charge < -0.3 is 15.8 Å². The van der Waals surface area contributed by atoms with Gasteiger partial charge in [0, 0.05) is 25.3 Å². The minimum absolute atomic E-state index is 0.117. The monoisotopic (exact) mass is 368 g/mol. The normalized spacial score (nSPS) is 15.0. The Hall–Kier alpha value is -2.97. The second-order valence-corrected chi connectivity index (χ2v) is 6.37. The van der Waals surface area contributed by atoms with Crippen LogP contribution in [-0.2, 0) is 11.3 Å². The summed E-state index contributed by atoms with van der Waals surface area (Å²) in [6, 6.07) is 14.4. The van der Waals surface area contributed by atoms with Crippen LogP contribution in [0.3, 0.4) is 0 Å². The molecule has 4 rings (SSSR count). The van der Waals surface area contributed by atoms with Crippen molar-refractivity contribution >= 4 is 17.6 Å². The highest BCUT2D eigenvalue weighted by atomic mass is 19.1. The van der Waals surface area contributed by atoms with Crippen LogP contribution < -0.4 is 11.1 Å². The highest BCUT2D eigenvalue weighted by Gasteiger charge is 2.13. The maximum absolute atomic E-state index is 14.0. The summed E-state index contributed by atoms with van der Waals surface area (Å²) in [5, 5.41) is 7.37. The molecule has 8 heteroatoms. The predicted molar refractivity (Wildman–Crippen MR) is 102 cm³/mol. The van der Waals surface area contributed by atoms with Crippen LogP contribution in [0.15, 0.2) is 48.5 Å². The van der Waals surface area contributed by atoms with Gasteiger partial charge in [-0.1, -0.05) is 24.3 Å². The quantitative estimate of drug-likeness (QED) is 0.720. The fraction of sp³-hybridized carbons (Fsp3) is 0.263. The molecule has 1 aliphatic heterocycles. The van der Waals surface area contributed by atoms with Gasteiger partial charge in [0.05, 0.1) is 13.2 Å². The molecular formula is C19H21FN6O. The number of aromatic nitrogens is 3. The SMILES string of the molecule is Nc1nc(Nc2ccc(CN3CCOCC3)cc2)nn1-c1ccccc1F. The number of hydrogen-bond donors (Lipinski definition) is 2. The number of nitrogen functional groups attached to an aromatic ring is 1. The largest absolute Gasteiger partial charge is 0.379 e. The van der Waals surface area contributed by atoms with E-state index in [0.29, 0.717) is 5.95 Å². The molecule has 2 heterocycles. The Kier molecular flexibility index (Phi) is 4.99. The molecule has 3 aromatic rings. The smallest absolute Gasteiger partial charge is 0.248 e. The number of ether oxygens (including phenoxy) is 1. The highest BCUT2D eigenvalue weighted by molar-refractivity contribution is 5.55. The molecule has 0 saturated carbocycles. The molecule has 27 heavy (non-hydrogen) atoms. The van der Waals surface area contributed by atoms with E-state index < -0.39 is 5.82 Å². The van der Waals surface area contributed by atoms with Crippen molar-refractivity contribution in [2.24, 2.45) is 0 Å². The van der Waals surface area contributed by atoms with Crippen LogP contribution in [0, 0.1) is 5.82 Å². The van der Waals surface area contributed by atoms with Crippen LogP contribution in [0.5, 0.6) is 0 Å². The van der Waals surface area contributed by atoms with Crippen molar-refractivity contribution < 1.29 is 9.13 Å². The van der Waals surface area contributed by atoms with E-state index in [1.54, 1.807) is 18.2 Å². The zero-order chi connectivity index (χ0) is 18.6. The Bertz CT molecular complexity index is 905. The summed E-state index contributed by atoms with van der Waals surface area (Å²) in [5.41, 5.74) is 8.22. The zero-order valence-electron chi connectivity index (χ0n) is 14.8. The van der Waals surface area contributed by atoms with Crippen LogP contribution in [0.1, 0.15) is 5.56 Å². The van der Waals surface area contributed by atoms with Gasteiger partial charge in [-0.3, -0.25) is 4.90 Å². The second-order valence-electron chi connectivity index (χ2n) is 6.37. The van der Waals surface area contributed by atoms with Crippen molar-refractivity contribution in [3.8, 4) is 5.69 Å². The molecular weight excluding hydrogens is 347 g/mol. The summed E-state index contributed by atoms with van der Waals surface area (Å²) in [4.78, 5) is 6.53. The number of rotatable bonds is 5. The van der Waals surface area contributed by atoms with Crippen molar-refractivity contribution in [3.63, 3.8) is 0 Å². The summed E-state index contributed by atoms with van der Waals surface area (Å²) < 4.78 is 20.6. The first-order valence-corrected chi connectivity index (χ1v) is 8.82. The highest BCUT2D eigenvalue weighted by Crippen LogP contribution is 2.20. The standard InChI is InChI=1S/C19H21FN6O/c20-16-3-1-2-4-17(16)26-18(21)23-19(24-26)22-15-7-5-14(6-8-15)13-25-9-11-27-12-10-25/h1-8H,9-13H2,(H3,21,22,23,24). The van der Waals surface area contributed by atoms with E-state index in [1.165, 1.54) is 16.3 Å². The maximum atomic E-state index is 14.0. The predicted octanol–water partition coefficient (Wildman–Crippen LogP) is 2.56. The minimum atomic E-state index is -0.409. The topological polar surface area (TPSA) is 81.2 Å². The number of nitrogens with two attached hydrogens (primary N) is 1. The molecule has 140 valence electrons. The lowest BCUT2D eigenvalue weighted by molar-refractivity contribution is 0.0342. The van der Waals surface area contributed by atoms with Crippen molar-refractivity contribution in [1.82, 2.24) is 19.7 Å². The maximum Gasteiger partial charge on any atom is 0.248 e. The van der Waals surface area contributed by atoms with Gasteiger partial charge in [0.15, 0.2) is 0 Å². The Morgan fingerprint density at radius 3 is 2.56 bits per heavy atom. The first kappa shape index (κ1) is 17.4. The van der Waals surface area contributed by atoms with Crippen molar-refractivity contribution in [1.29, 1.82) is 0 Å². The average molecular weight is 368 g/mol. The second kappa shape index (κ2) is 7.73. The lowest BCUT2D eigenvalue weighted by Gasteiger charge is -2.26. The Morgan fingerprint density at radius 2 is 1.81 bits per heavy atom. The first-order chi connectivity index (χ1) is 13.2. The summed E-state index contributed by atoms with van der Waals surface area (Å²) in [5.74, 6) is 0.0244. The van der Waals surface area contributed by atoms with Crippen molar-refractivity contribution in [3.05, 3.63) is 59.9 Å². The molecule has 1 aliphatic rings. The van der Waals surface area contributed by atoms with Crippen LogP contribution >= 0.6 is 0 Å². The molecule has 3 N–H and O–H groups in total. The van der Waals surface area contributed by atoms with E-state index >= 15 is 0 Å². The molecule has 0 aliphatic carbocycles. The lowest BCUT2D eigenvalue weighted by atomic mass is 10.2. The van der Waals surface area contributed by atoms with Crippen LogP contribution in [-0.4, -0.2) is 46.0 Å². The molecule has 0 spiro atoms. The van der Waals surface area contributed by atoms with Gasteiger partial charge in [-0.15, -0.1) is 5.10 Å². The Morgan fingerprint density at radius 1 is 1.07 bits per heavy atom. The van der Waals surface area contributed by atoms with Gasteiger partial charge in [-0.05, 0) is 29.8 Å². The number of hydrogen-bond acceptors (Lipinski definition) is 6. The van der Waals surface area contributed by atoms with Gasteiger partial charge in [0.25, 0.3) is 0 Å². The number of morpholine rings is 1. The number of nitrogens with one attached hydrogen (secondary N) is 1. The van der Waals surface area contributed by atoms with E-state index in [-0.39, 0.29) is 11.6 Å². The van der Waals surface area contributed by atoms with Gasteiger partial charge in [-0.2, -0.15) is 9.67 Å². The minimum Gasteiger partial charge on any atom is -0.379 e. The van der Waals surface area contributed by atoms with Crippen molar-refractivity contribution in [2.45, 2.75) is 6.54 Å². The number of halogens is 1. The van der Waals surface area contributed by atoms with Gasteiger partial charge in [-0.25, -0.2) is 4.39 Å². The zero-order valence-corrected chi connectivity index (χ0v) is 14.8. The molecule has 1 aromatic heterocycles. The average Bonchev–Trinajstić information content (AvgIpc) is 3.04. The molecule has 0 unspecified atom stereocenters. The van der Waals surface area contributed by atoms with E-state index in [1.807, 2.05) is 12.1 Å². The van der Waals surface area contributed by atoms with Crippen molar-refractivity contribution in [2.75, 3.05) is 37.4 Å². The van der Waals surface area contributed by atoms with Crippen LogP contribution in [0.25, 0.3) is 5.69 Å². The van der Waals surface area contributed by atoms with Crippen LogP contribution in [0.4, 0.5) is 22.0 Å². The summed E-state index contributed by atoms with van der Waals surface area (Å²) in [6.45, 7) is 4.39. The van der Waals surface area contributed by atoms with E-state index in [2.05, 4.69) is 32.4 Å². The third-order valence-corrected chi connectivity index (χ3v) is 4.43. The molecule has 0 amide bonds. The molecule has 1 saturated heterocycles. The van der Waals surface area contributed by atoms with E-state index in [0.717, 1.165) is 38.5 Å². The summed E-state index contributed by atoms with van der Waals surface area (Å²) in [7, 11) is 0. The molecule has 1 fully saturated rings. The Balaban J connectivity index is 1.45. The Labute approximate surface area is 156 Å². The molecule has 7 nitrogen and oxygen atoms in total. The van der Waals surface area contributed by atoms with Gasteiger partial charge >= 0.3 is 0 Å². The fourth-order valence-corrected chi connectivity index (χ4v) is 3.02. The molecule has 0 radical (unpaired) electrons. The van der Waals surface area contributed by atoms with Crippen LogP contribution in [0.2, 0.25) is 0 Å². The number of para-hydroxylation sites is 1. The molecule has 2 aromatic carbocycles.